The summed E-state index contributed by atoms with van der Waals surface area (Å²) in [5.74, 6) is 3.78. The molecular weight excluding hydrogens is 426 g/mol. The van der Waals surface area contributed by atoms with Gasteiger partial charge in [-0.15, -0.1) is 0 Å². The van der Waals surface area contributed by atoms with Crippen molar-refractivity contribution < 1.29 is 33.3 Å². The van der Waals surface area contributed by atoms with E-state index in [0.29, 0.717) is 74.1 Å². The molecular formula is C25H27NO7. The van der Waals surface area contributed by atoms with Crippen LogP contribution in [0, 0.1) is 0 Å². The van der Waals surface area contributed by atoms with Gasteiger partial charge in [0.2, 0.25) is 0 Å². The molecule has 1 aliphatic rings. The molecule has 1 aliphatic heterocycles. The Kier molecular flexibility index (Phi) is 8.50. The lowest BCUT2D eigenvalue weighted by molar-refractivity contribution is -0.0111. The summed E-state index contributed by atoms with van der Waals surface area (Å²) >= 11 is 0. The Labute approximate surface area is 192 Å². The normalized spacial score (nSPS) is 15.6. The van der Waals surface area contributed by atoms with Gasteiger partial charge in [0.25, 0.3) is 0 Å². The number of hydrogen-bond acceptors (Lipinski definition) is 8. The van der Waals surface area contributed by atoms with Crippen LogP contribution in [0.3, 0.4) is 0 Å². The predicted octanol–water partition coefficient (Wildman–Crippen LogP) is 3.85. The van der Waals surface area contributed by atoms with Crippen molar-refractivity contribution in [2.24, 2.45) is 0 Å². The quantitative estimate of drug-likeness (QED) is 0.550. The molecule has 0 fully saturated rings. The van der Waals surface area contributed by atoms with E-state index in [1.165, 1.54) is 0 Å². The van der Waals surface area contributed by atoms with Gasteiger partial charge in [0.15, 0.2) is 41.2 Å². The molecule has 3 aromatic rings. The van der Waals surface area contributed by atoms with Crippen LogP contribution in [-0.2, 0) is 4.84 Å². The Morgan fingerprint density at radius 3 is 1.06 bits per heavy atom. The Morgan fingerprint density at radius 1 is 0.394 bits per heavy atom. The standard InChI is InChI=1S/C25H27NO7/c1-2-8-21-20(7-1)27-13-14-29-22-9-3-4-10-23(22)31-17-18-33-26-19-32-25-12-6-5-11-24(25)30-16-15-28-21/h1-12,26H,13-19H2. The van der Waals surface area contributed by atoms with E-state index in [0.717, 1.165) is 0 Å². The second kappa shape index (κ2) is 12.4. The Bertz CT molecular complexity index is 919. The highest BCUT2D eigenvalue weighted by Gasteiger charge is 2.09. The van der Waals surface area contributed by atoms with Crippen molar-refractivity contribution in [3.8, 4) is 34.5 Å². The van der Waals surface area contributed by atoms with E-state index < -0.39 is 0 Å². The molecule has 1 heterocycles. The molecule has 0 bridgehead atoms. The van der Waals surface area contributed by atoms with Gasteiger partial charge in [-0.25, -0.2) is 0 Å². The molecule has 8 heteroatoms. The van der Waals surface area contributed by atoms with Crippen LogP contribution < -0.4 is 33.9 Å². The molecule has 0 aromatic heterocycles. The molecule has 0 aliphatic carbocycles. The number of fused-ring (bicyclic) bond motifs is 3. The number of hydrogen-bond donors (Lipinski definition) is 1. The summed E-state index contributed by atoms with van der Waals surface area (Å²) in [7, 11) is 0. The van der Waals surface area contributed by atoms with Crippen molar-refractivity contribution in [1.29, 1.82) is 0 Å². The first-order chi connectivity index (χ1) is 16.4. The third kappa shape index (κ3) is 6.93. The van der Waals surface area contributed by atoms with Gasteiger partial charge >= 0.3 is 0 Å². The van der Waals surface area contributed by atoms with Gasteiger partial charge in [0, 0.05) is 0 Å². The molecule has 0 radical (unpaired) electrons. The van der Waals surface area contributed by atoms with Crippen LogP contribution >= 0.6 is 0 Å². The molecule has 0 atom stereocenters. The van der Waals surface area contributed by atoms with Crippen molar-refractivity contribution in [1.82, 2.24) is 5.48 Å². The van der Waals surface area contributed by atoms with Gasteiger partial charge in [0.05, 0.1) is 0 Å². The van der Waals surface area contributed by atoms with Gasteiger partial charge in [-0.05, 0) is 36.4 Å². The predicted molar refractivity (Wildman–Crippen MR) is 121 cm³/mol. The molecule has 3 aromatic carbocycles. The third-order valence-corrected chi connectivity index (χ3v) is 4.58. The number of rotatable bonds is 0. The van der Waals surface area contributed by atoms with Crippen LogP contribution in [0.15, 0.2) is 72.8 Å². The third-order valence-electron chi connectivity index (χ3n) is 4.58. The van der Waals surface area contributed by atoms with Crippen LogP contribution in [0.4, 0.5) is 0 Å². The summed E-state index contributed by atoms with van der Waals surface area (Å²) in [4.78, 5) is 5.38. The van der Waals surface area contributed by atoms with Gasteiger partial charge in [-0.2, -0.15) is 5.48 Å². The summed E-state index contributed by atoms with van der Waals surface area (Å²) in [6.45, 7) is 2.21. The van der Waals surface area contributed by atoms with Crippen molar-refractivity contribution >= 4 is 0 Å². The summed E-state index contributed by atoms with van der Waals surface area (Å²) in [6.07, 6.45) is 0. The van der Waals surface area contributed by atoms with Crippen molar-refractivity contribution in [3.05, 3.63) is 72.8 Å². The Hall–Kier alpha value is -3.62. The highest BCUT2D eigenvalue weighted by molar-refractivity contribution is 5.41. The maximum Gasteiger partial charge on any atom is 0.163 e. The number of para-hydroxylation sites is 6. The van der Waals surface area contributed by atoms with Crippen molar-refractivity contribution in [2.45, 2.75) is 0 Å². The molecule has 0 saturated heterocycles. The summed E-state index contributed by atoms with van der Waals surface area (Å²) in [5.41, 5.74) is 2.76. The molecule has 4 rings (SSSR count). The molecule has 1 N–H and O–H groups in total. The van der Waals surface area contributed by atoms with Crippen LogP contribution in [-0.4, -0.2) is 46.4 Å². The lowest BCUT2D eigenvalue weighted by Gasteiger charge is -2.15. The summed E-state index contributed by atoms with van der Waals surface area (Å²) in [5, 5.41) is 0. The fourth-order valence-electron chi connectivity index (χ4n) is 3.09. The smallest absolute Gasteiger partial charge is 0.163 e. The number of benzene rings is 3. The zero-order chi connectivity index (χ0) is 22.6. The maximum atomic E-state index is 5.88. The summed E-state index contributed by atoms with van der Waals surface area (Å²) in [6, 6.07) is 22.4. The zero-order valence-electron chi connectivity index (χ0n) is 18.2. The number of hydroxylamine groups is 1. The average molecular weight is 453 g/mol. The van der Waals surface area contributed by atoms with Gasteiger partial charge < -0.3 is 28.4 Å². The van der Waals surface area contributed by atoms with Crippen LogP contribution in [0.5, 0.6) is 34.5 Å². The minimum atomic E-state index is 0.154. The van der Waals surface area contributed by atoms with E-state index in [1.54, 1.807) is 0 Å². The molecule has 33 heavy (non-hydrogen) atoms. The van der Waals surface area contributed by atoms with E-state index in [-0.39, 0.29) is 6.73 Å². The minimum Gasteiger partial charge on any atom is -0.487 e. The highest BCUT2D eigenvalue weighted by atomic mass is 16.7. The average Bonchev–Trinajstić information content (AvgIpc) is 2.85. The highest BCUT2D eigenvalue weighted by Crippen LogP contribution is 2.29. The second-order valence-corrected chi connectivity index (χ2v) is 6.86. The first kappa shape index (κ1) is 22.6. The van der Waals surface area contributed by atoms with Crippen molar-refractivity contribution in [2.75, 3.05) is 46.4 Å². The molecule has 0 unspecified atom stereocenters. The minimum absolute atomic E-state index is 0.154. The van der Waals surface area contributed by atoms with E-state index in [2.05, 4.69) is 5.48 Å². The lowest BCUT2D eigenvalue weighted by Crippen LogP contribution is -2.23. The SMILES string of the molecule is c1ccc2c(c1)OCCONCOc1ccccc1OCCOc1ccccc1OCCO2. The first-order valence-corrected chi connectivity index (χ1v) is 10.8. The topological polar surface area (TPSA) is 76.6 Å². The second-order valence-electron chi connectivity index (χ2n) is 6.86. The van der Waals surface area contributed by atoms with Gasteiger partial charge in [0.1, 0.15) is 39.6 Å². The molecule has 0 spiro atoms. The molecule has 0 amide bonds. The van der Waals surface area contributed by atoms with E-state index in [4.69, 9.17) is 33.3 Å². The number of nitrogens with one attached hydrogen (secondary N) is 1. The monoisotopic (exact) mass is 453 g/mol. The fourth-order valence-corrected chi connectivity index (χ4v) is 3.09. The van der Waals surface area contributed by atoms with E-state index in [1.807, 2.05) is 72.8 Å². The van der Waals surface area contributed by atoms with Crippen molar-refractivity contribution in [3.63, 3.8) is 0 Å². The number of ether oxygens (including phenoxy) is 6. The largest absolute Gasteiger partial charge is 0.487 e. The Balaban J connectivity index is 1.42. The fraction of sp³-hybridized carbons (Fsp3) is 0.280. The van der Waals surface area contributed by atoms with Crippen LogP contribution in [0.1, 0.15) is 0 Å². The molecule has 174 valence electrons. The van der Waals surface area contributed by atoms with Gasteiger partial charge in [-0.3, -0.25) is 4.84 Å². The molecule has 0 saturated carbocycles. The zero-order valence-corrected chi connectivity index (χ0v) is 18.2. The van der Waals surface area contributed by atoms with E-state index in [9.17, 15) is 0 Å². The maximum absolute atomic E-state index is 5.88. The van der Waals surface area contributed by atoms with Crippen LogP contribution in [0.2, 0.25) is 0 Å². The first-order valence-electron chi connectivity index (χ1n) is 10.8. The van der Waals surface area contributed by atoms with Gasteiger partial charge in [-0.1, -0.05) is 36.4 Å². The Morgan fingerprint density at radius 2 is 0.697 bits per heavy atom. The molecule has 8 nitrogen and oxygen atoms in total. The summed E-state index contributed by atoms with van der Waals surface area (Å²) < 4.78 is 34.9. The van der Waals surface area contributed by atoms with Crippen LogP contribution in [0.25, 0.3) is 0 Å². The lowest BCUT2D eigenvalue weighted by atomic mass is 10.3. The van der Waals surface area contributed by atoms with E-state index >= 15 is 0 Å².